The number of hydrogen-bond acceptors (Lipinski definition) is 4. The smallest absolute Gasteiger partial charge is 0.213 e. The molecular formula is C21H32O4. The molecule has 0 spiro atoms. The number of carbonyl (C=O) groups excluding carboxylic acids is 2. The molecule has 0 aromatic rings. The minimum atomic E-state index is -2.02. The highest BCUT2D eigenvalue weighted by Gasteiger charge is 2.63. The van der Waals surface area contributed by atoms with Crippen LogP contribution < -0.4 is 0 Å². The molecule has 0 aromatic carbocycles. The predicted molar refractivity (Wildman–Crippen MR) is 93.5 cm³/mol. The lowest BCUT2D eigenvalue weighted by Gasteiger charge is -2.60. The van der Waals surface area contributed by atoms with Crippen molar-refractivity contribution in [1.29, 1.82) is 0 Å². The topological polar surface area (TPSA) is 74.6 Å². The Hall–Kier alpha value is -0.740. The van der Waals surface area contributed by atoms with Crippen LogP contribution in [0.15, 0.2) is 0 Å². The van der Waals surface area contributed by atoms with Crippen LogP contribution in [0, 0.1) is 40.4 Å². The van der Waals surface area contributed by atoms with Gasteiger partial charge in [-0.25, -0.2) is 0 Å². The first-order valence-electron chi connectivity index (χ1n) is 10.2. The molecule has 0 heterocycles. The van der Waals surface area contributed by atoms with Gasteiger partial charge in [0.05, 0.1) is 5.92 Å². The molecule has 25 heavy (non-hydrogen) atoms. The van der Waals surface area contributed by atoms with Gasteiger partial charge in [0.2, 0.25) is 6.29 Å². The zero-order chi connectivity index (χ0) is 18.0. The molecule has 2 N–H and O–H groups in total. The first-order valence-corrected chi connectivity index (χ1v) is 10.2. The minimum Gasteiger partial charge on any atom is -0.362 e. The van der Waals surface area contributed by atoms with Gasteiger partial charge in [-0.05, 0) is 73.0 Å². The summed E-state index contributed by atoms with van der Waals surface area (Å²) in [5.74, 6) is 0.733. The molecule has 0 amide bonds. The zero-order valence-corrected chi connectivity index (χ0v) is 15.5. The highest BCUT2D eigenvalue weighted by molar-refractivity contribution is 6.06. The van der Waals surface area contributed by atoms with E-state index in [2.05, 4.69) is 13.8 Å². The lowest BCUT2D eigenvalue weighted by molar-refractivity contribution is -0.160. The van der Waals surface area contributed by atoms with Gasteiger partial charge in [-0.2, -0.15) is 0 Å². The molecule has 7 atom stereocenters. The lowest BCUT2D eigenvalue weighted by Crippen LogP contribution is -2.53. The Morgan fingerprint density at radius 1 is 1.00 bits per heavy atom. The van der Waals surface area contributed by atoms with Gasteiger partial charge in [0.15, 0.2) is 5.78 Å². The number of hydrogen-bond donors (Lipinski definition) is 2. The maximum absolute atomic E-state index is 12.7. The highest BCUT2D eigenvalue weighted by atomic mass is 16.5. The number of ketones is 2. The van der Waals surface area contributed by atoms with Gasteiger partial charge in [-0.15, -0.1) is 0 Å². The molecule has 140 valence electrons. The first-order chi connectivity index (χ1) is 11.8. The number of carbonyl (C=O) groups is 2. The van der Waals surface area contributed by atoms with Gasteiger partial charge in [-0.1, -0.05) is 26.7 Å². The predicted octanol–water partition coefficient (Wildman–Crippen LogP) is 3.09. The van der Waals surface area contributed by atoms with E-state index in [1.807, 2.05) is 0 Å². The minimum absolute atomic E-state index is 0.0535. The van der Waals surface area contributed by atoms with Crippen molar-refractivity contribution in [3.05, 3.63) is 0 Å². The summed E-state index contributed by atoms with van der Waals surface area (Å²) < 4.78 is 0. The Morgan fingerprint density at radius 2 is 1.76 bits per heavy atom. The van der Waals surface area contributed by atoms with Crippen LogP contribution in [-0.2, 0) is 9.59 Å². The van der Waals surface area contributed by atoms with Crippen molar-refractivity contribution in [2.75, 3.05) is 0 Å². The van der Waals surface area contributed by atoms with E-state index < -0.39 is 18.0 Å². The third kappa shape index (κ3) is 2.39. The fourth-order valence-electron chi connectivity index (χ4n) is 7.72. The fraction of sp³-hybridized carbons (Fsp3) is 0.905. The summed E-state index contributed by atoms with van der Waals surface area (Å²) in [5.41, 5.74) is 0.0288. The molecule has 4 fully saturated rings. The summed E-state index contributed by atoms with van der Waals surface area (Å²) >= 11 is 0. The van der Waals surface area contributed by atoms with Gasteiger partial charge in [0.25, 0.3) is 0 Å². The number of rotatable bonds is 2. The van der Waals surface area contributed by atoms with Crippen molar-refractivity contribution in [3.8, 4) is 0 Å². The molecule has 0 saturated heterocycles. The van der Waals surface area contributed by atoms with Crippen LogP contribution >= 0.6 is 0 Å². The molecule has 4 heteroatoms. The summed E-state index contributed by atoms with van der Waals surface area (Å²) in [6, 6.07) is 0. The van der Waals surface area contributed by atoms with Crippen LogP contribution in [-0.4, -0.2) is 28.1 Å². The number of Topliss-reactive ketones (excluding diaryl/α,β-unsaturated/α-hetero) is 2. The van der Waals surface area contributed by atoms with Crippen molar-refractivity contribution in [1.82, 2.24) is 0 Å². The van der Waals surface area contributed by atoms with E-state index in [4.69, 9.17) is 0 Å². The molecule has 0 aliphatic heterocycles. The first kappa shape index (κ1) is 17.7. The second kappa shape index (κ2) is 5.88. The Kier molecular flexibility index (Phi) is 4.16. The van der Waals surface area contributed by atoms with Crippen molar-refractivity contribution in [2.24, 2.45) is 40.4 Å². The zero-order valence-electron chi connectivity index (χ0n) is 15.5. The maximum Gasteiger partial charge on any atom is 0.213 e. The van der Waals surface area contributed by atoms with Crippen LogP contribution in [0.4, 0.5) is 0 Å². The van der Waals surface area contributed by atoms with Gasteiger partial charge in [0, 0.05) is 6.42 Å². The third-order valence-corrected chi connectivity index (χ3v) is 8.96. The average molecular weight is 348 g/mol. The molecule has 0 aromatic heterocycles. The molecule has 0 radical (unpaired) electrons. The largest absolute Gasteiger partial charge is 0.362 e. The van der Waals surface area contributed by atoms with Gasteiger partial charge in [0.1, 0.15) is 5.78 Å². The lowest BCUT2D eigenvalue weighted by atomic mass is 9.45. The quantitative estimate of drug-likeness (QED) is 0.594. The van der Waals surface area contributed by atoms with E-state index in [-0.39, 0.29) is 17.1 Å². The average Bonchev–Trinajstić information content (AvgIpc) is 2.83. The monoisotopic (exact) mass is 348 g/mol. The summed E-state index contributed by atoms with van der Waals surface area (Å²) in [6.07, 6.45) is 8.21. The normalized spacial score (nSPS) is 49.5. The molecule has 4 rings (SSSR count). The molecule has 0 bridgehead atoms. The van der Waals surface area contributed by atoms with Crippen molar-refractivity contribution in [2.45, 2.75) is 77.9 Å². The summed E-state index contributed by atoms with van der Waals surface area (Å²) in [5, 5.41) is 18.8. The summed E-state index contributed by atoms with van der Waals surface area (Å²) in [6.45, 7) is 4.56. The maximum atomic E-state index is 12.7. The second-order valence-corrected chi connectivity index (χ2v) is 9.83. The third-order valence-electron chi connectivity index (χ3n) is 8.96. The van der Waals surface area contributed by atoms with Gasteiger partial charge >= 0.3 is 0 Å². The molecule has 4 saturated carbocycles. The van der Waals surface area contributed by atoms with Gasteiger partial charge < -0.3 is 10.2 Å². The van der Waals surface area contributed by atoms with Crippen molar-refractivity contribution >= 4 is 11.6 Å². The van der Waals surface area contributed by atoms with Crippen LogP contribution in [0.5, 0.6) is 0 Å². The Bertz CT molecular complexity index is 584. The number of fused-ring (bicyclic) bond motifs is 5. The van der Waals surface area contributed by atoms with E-state index in [1.54, 1.807) is 0 Å². The van der Waals surface area contributed by atoms with Crippen molar-refractivity contribution in [3.63, 3.8) is 0 Å². The number of aliphatic hydroxyl groups is 2. The van der Waals surface area contributed by atoms with E-state index >= 15 is 0 Å². The Balaban J connectivity index is 1.65. The molecule has 4 aliphatic carbocycles. The van der Waals surface area contributed by atoms with Crippen LogP contribution in [0.2, 0.25) is 0 Å². The van der Waals surface area contributed by atoms with E-state index in [9.17, 15) is 19.8 Å². The summed E-state index contributed by atoms with van der Waals surface area (Å²) in [4.78, 5) is 25.0. The molecule has 4 aliphatic rings. The number of aliphatic hydroxyl groups excluding tert-OH is 1. The Labute approximate surface area is 150 Å². The van der Waals surface area contributed by atoms with Crippen molar-refractivity contribution < 1.29 is 19.8 Å². The Morgan fingerprint density at radius 3 is 2.48 bits per heavy atom. The summed E-state index contributed by atoms with van der Waals surface area (Å²) in [7, 11) is 0. The molecular weight excluding hydrogens is 316 g/mol. The molecule has 4 nitrogen and oxygen atoms in total. The van der Waals surface area contributed by atoms with Crippen LogP contribution in [0.1, 0.15) is 71.6 Å². The van der Waals surface area contributed by atoms with E-state index in [0.717, 1.165) is 18.8 Å². The standard InChI is InChI=1S/C21H32O4/c1-20-9-4-3-5-12(20)6-7-13-14(20)8-10-21(2)15(13)11-16(22)17(21)18(23)19(24)25/h12-15,17,19,24-25H,3-11H2,1-2H3/t12?,13-,14+,15+,17-,20+,21+/m1/s1. The van der Waals surface area contributed by atoms with Gasteiger partial charge in [-0.3, -0.25) is 9.59 Å². The van der Waals surface area contributed by atoms with E-state index in [1.165, 1.54) is 38.5 Å². The highest BCUT2D eigenvalue weighted by Crippen LogP contribution is 2.66. The van der Waals surface area contributed by atoms with Crippen LogP contribution in [0.3, 0.4) is 0 Å². The fourth-order valence-corrected chi connectivity index (χ4v) is 7.72. The molecule has 1 unspecified atom stereocenters. The van der Waals surface area contributed by atoms with Crippen LogP contribution in [0.25, 0.3) is 0 Å². The van der Waals surface area contributed by atoms with E-state index in [0.29, 0.717) is 23.7 Å². The second-order valence-electron chi connectivity index (χ2n) is 9.83. The SMILES string of the molecule is C[C@]12CC[C@H]3[C@@H](CCC4CCCC[C@@]43C)[C@@H]1CC(=O)[C@@H]2C(=O)C(O)O.